The van der Waals surface area contributed by atoms with E-state index in [9.17, 15) is 14.4 Å². The van der Waals surface area contributed by atoms with Gasteiger partial charge in [-0.3, -0.25) is 14.4 Å². The van der Waals surface area contributed by atoms with Gasteiger partial charge < -0.3 is 4.74 Å². The predicted octanol–water partition coefficient (Wildman–Crippen LogP) is 1.80. The average Bonchev–Trinajstić information content (AvgIpc) is 2.55. The maximum Gasteiger partial charge on any atom is 0.311 e. The van der Waals surface area contributed by atoms with Crippen LogP contribution >= 0.6 is 23.2 Å². The van der Waals surface area contributed by atoms with E-state index in [0.29, 0.717) is 0 Å². The first-order valence-electron chi connectivity index (χ1n) is 6.19. The van der Waals surface area contributed by atoms with Gasteiger partial charge in [-0.25, -0.2) is 0 Å². The quantitative estimate of drug-likeness (QED) is 0.443. The summed E-state index contributed by atoms with van der Waals surface area (Å²) in [4.78, 5) is 35.3. The fourth-order valence-electron chi connectivity index (χ4n) is 2.56. The molecule has 19 heavy (non-hydrogen) atoms. The van der Waals surface area contributed by atoms with Crippen molar-refractivity contribution in [3.63, 3.8) is 0 Å². The van der Waals surface area contributed by atoms with Crippen molar-refractivity contribution < 1.29 is 19.1 Å². The number of ether oxygens (including phenoxy) is 1. The Morgan fingerprint density at radius 1 is 1.16 bits per heavy atom. The minimum Gasteiger partial charge on any atom is -0.464 e. The van der Waals surface area contributed by atoms with Crippen LogP contribution in [0.4, 0.5) is 0 Å². The van der Waals surface area contributed by atoms with Gasteiger partial charge in [0.25, 0.3) is 0 Å². The van der Waals surface area contributed by atoms with E-state index < -0.39 is 45.5 Å². The molecule has 0 unspecified atom stereocenters. The second-order valence-electron chi connectivity index (χ2n) is 6.18. The molecule has 6 heteroatoms. The number of hydrogen-bond donors (Lipinski definition) is 0. The summed E-state index contributed by atoms with van der Waals surface area (Å²) in [6, 6.07) is 0. The molecule has 0 amide bonds. The van der Waals surface area contributed by atoms with E-state index in [1.807, 2.05) is 0 Å². The summed E-state index contributed by atoms with van der Waals surface area (Å²) in [5, 5.41) is -0.910. The number of esters is 1. The van der Waals surface area contributed by atoms with Crippen molar-refractivity contribution in [2.45, 2.75) is 31.5 Å². The van der Waals surface area contributed by atoms with Crippen molar-refractivity contribution in [1.29, 1.82) is 0 Å². The number of ketones is 2. The second-order valence-corrected chi connectivity index (χ2v) is 7.18. The van der Waals surface area contributed by atoms with Gasteiger partial charge in [-0.1, -0.05) is 0 Å². The number of carbonyl (C=O) groups is 3. The maximum atomic E-state index is 11.9. The van der Waals surface area contributed by atoms with Crippen LogP contribution < -0.4 is 0 Å². The highest BCUT2D eigenvalue weighted by molar-refractivity contribution is 6.46. The predicted molar refractivity (Wildman–Crippen MR) is 70.2 cm³/mol. The molecule has 0 spiro atoms. The van der Waals surface area contributed by atoms with E-state index in [0.717, 1.165) is 0 Å². The summed E-state index contributed by atoms with van der Waals surface area (Å²) in [5.41, 5.74) is -0.639. The Balaban J connectivity index is 2.04. The zero-order valence-corrected chi connectivity index (χ0v) is 12.5. The van der Waals surface area contributed by atoms with Crippen LogP contribution in [0.5, 0.6) is 0 Å². The minimum absolute atomic E-state index is 0.0886. The zero-order chi connectivity index (χ0) is 14.5. The third-order valence-electron chi connectivity index (χ3n) is 3.78. The van der Waals surface area contributed by atoms with Crippen molar-refractivity contribution in [3.8, 4) is 0 Å². The molecule has 0 aromatic rings. The topological polar surface area (TPSA) is 60.4 Å². The van der Waals surface area contributed by atoms with Crippen molar-refractivity contribution in [1.82, 2.24) is 0 Å². The largest absolute Gasteiger partial charge is 0.464 e. The molecular weight excluding hydrogens is 291 g/mol. The Morgan fingerprint density at radius 2 is 1.74 bits per heavy atom. The summed E-state index contributed by atoms with van der Waals surface area (Å²) < 4.78 is 5.13. The molecule has 0 N–H and O–H groups in total. The van der Waals surface area contributed by atoms with E-state index >= 15 is 0 Å². The molecule has 0 radical (unpaired) electrons. The van der Waals surface area contributed by atoms with Crippen LogP contribution in [0.15, 0.2) is 0 Å². The van der Waals surface area contributed by atoms with Crippen LogP contribution in [-0.2, 0) is 19.1 Å². The molecular formula is C13H16Cl2O4. The molecule has 2 aliphatic carbocycles. The van der Waals surface area contributed by atoms with E-state index in [-0.39, 0.29) is 12.5 Å². The van der Waals surface area contributed by atoms with E-state index in [1.54, 1.807) is 20.8 Å². The third kappa shape index (κ3) is 2.29. The number of alkyl halides is 2. The zero-order valence-electron chi connectivity index (χ0n) is 11.0. The highest BCUT2D eigenvalue weighted by Crippen LogP contribution is 2.52. The van der Waals surface area contributed by atoms with Crippen molar-refractivity contribution in [2.75, 3.05) is 6.61 Å². The Labute approximate surface area is 121 Å². The number of hydrogen-bond acceptors (Lipinski definition) is 4. The highest BCUT2D eigenvalue weighted by Gasteiger charge is 2.64. The molecule has 2 rings (SSSR count). The molecule has 2 saturated carbocycles. The normalized spacial score (nSPS) is 37.8. The summed E-state index contributed by atoms with van der Waals surface area (Å²) in [7, 11) is 0. The molecule has 2 fully saturated rings. The monoisotopic (exact) mass is 306 g/mol. The molecule has 0 saturated heterocycles. The highest BCUT2D eigenvalue weighted by atomic mass is 35.5. The fraction of sp³-hybridized carbons (Fsp3) is 0.769. The minimum atomic E-state index is -0.639. The number of rotatable bonds is 2. The number of fused-ring (bicyclic) bond motifs is 1. The van der Waals surface area contributed by atoms with Crippen LogP contribution in [0.3, 0.4) is 0 Å². The van der Waals surface area contributed by atoms with Crippen LogP contribution in [0.25, 0.3) is 0 Å². The first-order chi connectivity index (χ1) is 8.66. The molecule has 5 atom stereocenters. The summed E-state index contributed by atoms with van der Waals surface area (Å²) in [6.45, 7) is 5.08. The average molecular weight is 307 g/mol. The van der Waals surface area contributed by atoms with Gasteiger partial charge >= 0.3 is 5.97 Å². The summed E-state index contributed by atoms with van der Waals surface area (Å²) >= 11 is 12.0. The van der Waals surface area contributed by atoms with Gasteiger partial charge in [0.2, 0.25) is 11.6 Å². The van der Waals surface area contributed by atoms with Gasteiger partial charge in [0.15, 0.2) is 0 Å². The third-order valence-corrected chi connectivity index (χ3v) is 5.02. The smallest absolute Gasteiger partial charge is 0.311 e. The first kappa shape index (κ1) is 14.8. The van der Waals surface area contributed by atoms with E-state index in [4.69, 9.17) is 27.9 Å². The molecule has 4 nitrogen and oxygen atoms in total. The Morgan fingerprint density at radius 3 is 2.26 bits per heavy atom. The maximum absolute atomic E-state index is 11.9. The Hall–Kier alpha value is -0.610. The van der Waals surface area contributed by atoms with Crippen molar-refractivity contribution in [3.05, 3.63) is 0 Å². The summed E-state index contributed by atoms with van der Waals surface area (Å²) in [6.07, 6.45) is 0. The molecule has 2 aliphatic rings. The van der Waals surface area contributed by atoms with E-state index in [1.165, 1.54) is 0 Å². The number of carbonyl (C=O) groups excluding carboxylic acids is 3. The van der Waals surface area contributed by atoms with Gasteiger partial charge in [0, 0.05) is 11.8 Å². The fourth-order valence-corrected chi connectivity index (χ4v) is 3.50. The number of Topliss-reactive ketones (excluding diaryl/α,β-unsaturated/α-hetero) is 2. The van der Waals surface area contributed by atoms with Crippen LogP contribution in [-0.4, -0.2) is 34.9 Å². The second kappa shape index (κ2) is 4.74. The first-order valence-corrected chi connectivity index (χ1v) is 7.07. The summed E-state index contributed by atoms with van der Waals surface area (Å²) in [5.74, 6) is -2.82. The molecule has 0 aliphatic heterocycles. The lowest BCUT2D eigenvalue weighted by Crippen LogP contribution is -2.51. The van der Waals surface area contributed by atoms with Gasteiger partial charge in [0.1, 0.15) is 6.61 Å². The van der Waals surface area contributed by atoms with Gasteiger partial charge in [-0.2, -0.15) is 0 Å². The van der Waals surface area contributed by atoms with Crippen molar-refractivity contribution in [2.24, 2.45) is 23.2 Å². The van der Waals surface area contributed by atoms with Gasteiger partial charge in [-0.05, 0) is 20.8 Å². The standard InChI is InChI=1S/C13H16Cl2O4/c1-13(2,3)12(18)19-4-5-6-7(9(15)8(6)14)11(17)10(5)16/h5-9H,4H2,1-3H3/t5-,6-,7+,8+,9+/m1/s1. The van der Waals surface area contributed by atoms with Gasteiger partial charge in [0.05, 0.1) is 22.1 Å². The lowest BCUT2D eigenvalue weighted by Gasteiger charge is -2.41. The Kier molecular flexibility index (Phi) is 3.69. The molecule has 0 bridgehead atoms. The van der Waals surface area contributed by atoms with E-state index in [2.05, 4.69) is 0 Å². The lowest BCUT2D eigenvalue weighted by molar-refractivity contribution is -0.155. The van der Waals surface area contributed by atoms with Crippen LogP contribution in [0, 0.1) is 23.2 Å². The van der Waals surface area contributed by atoms with Crippen LogP contribution in [0.1, 0.15) is 20.8 Å². The van der Waals surface area contributed by atoms with Crippen molar-refractivity contribution >= 4 is 40.7 Å². The number of halogens is 2. The lowest BCUT2D eigenvalue weighted by atomic mass is 9.71. The molecule has 0 heterocycles. The molecule has 0 aromatic heterocycles. The van der Waals surface area contributed by atoms with Crippen LogP contribution in [0.2, 0.25) is 0 Å². The Bertz CT molecular complexity index is 440. The molecule has 106 valence electrons. The molecule has 0 aromatic carbocycles. The SMILES string of the molecule is CC(C)(C)C(=O)OC[C@H]1C(=O)C(=O)[C@@H]2[C@H](Cl)[C@@H](Cl)[C@@H]21. The van der Waals surface area contributed by atoms with Gasteiger partial charge in [-0.15, -0.1) is 23.2 Å².